The van der Waals surface area contributed by atoms with Gasteiger partial charge in [-0.2, -0.15) is 0 Å². The smallest absolute Gasteiger partial charge is 0.161 e. The van der Waals surface area contributed by atoms with Gasteiger partial charge in [0.15, 0.2) is 5.82 Å². The molecule has 116 valence electrons. The van der Waals surface area contributed by atoms with Crippen molar-refractivity contribution in [3.8, 4) is 0 Å². The number of anilines is 1. The van der Waals surface area contributed by atoms with E-state index in [1.165, 1.54) is 19.3 Å². The van der Waals surface area contributed by atoms with Gasteiger partial charge in [0, 0.05) is 18.2 Å². The number of nitrogens with zero attached hydrogens (tertiary/aromatic N) is 1. The molecule has 21 heavy (non-hydrogen) atoms. The highest BCUT2D eigenvalue weighted by Crippen LogP contribution is 2.27. The van der Waals surface area contributed by atoms with Crippen molar-refractivity contribution in [1.29, 1.82) is 0 Å². The molecule has 0 amide bonds. The van der Waals surface area contributed by atoms with E-state index in [4.69, 9.17) is 18.0 Å². The Morgan fingerprint density at radius 2 is 2.10 bits per heavy atom. The zero-order valence-corrected chi connectivity index (χ0v) is 14.6. The number of nitrogens with one attached hydrogen (secondary N) is 1. The van der Waals surface area contributed by atoms with Crippen LogP contribution in [-0.4, -0.2) is 35.6 Å². The number of nitrogens with two attached hydrogens (primary N) is 1. The minimum absolute atomic E-state index is 0.181. The van der Waals surface area contributed by atoms with E-state index in [2.05, 4.69) is 33.1 Å². The molecule has 1 aliphatic heterocycles. The Hall–Kier alpha value is -0.720. The fraction of sp³-hybridized carbons (Fsp3) is 0.533. The summed E-state index contributed by atoms with van der Waals surface area (Å²) in [5, 5.41) is 3.23. The van der Waals surface area contributed by atoms with Crippen LogP contribution < -0.4 is 11.1 Å². The summed E-state index contributed by atoms with van der Waals surface area (Å²) in [5.74, 6) is -0.342. The summed E-state index contributed by atoms with van der Waals surface area (Å²) >= 11 is 8.13. The molecule has 0 spiro atoms. The highest BCUT2D eigenvalue weighted by molar-refractivity contribution is 9.10. The van der Waals surface area contributed by atoms with Crippen molar-refractivity contribution in [2.75, 3.05) is 25.0 Å². The topological polar surface area (TPSA) is 41.3 Å². The van der Waals surface area contributed by atoms with Gasteiger partial charge in [0.05, 0.1) is 10.2 Å². The highest BCUT2D eigenvalue weighted by Gasteiger charge is 2.17. The molecule has 1 aliphatic rings. The summed E-state index contributed by atoms with van der Waals surface area (Å²) in [4.78, 5) is 2.62. The predicted molar refractivity (Wildman–Crippen MR) is 93.4 cm³/mol. The van der Waals surface area contributed by atoms with E-state index in [1.54, 1.807) is 12.1 Å². The van der Waals surface area contributed by atoms with Gasteiger partial charge >= 0.3 is 0 Å². The van der Waals surface area contributed by atoms with Crippen LogP contribution in [0.5, 0.6) is 0 Å². The summed E-state index contributed by atoms with van der Waals surface area (Å²) in [6, 6.07) is 3.62. The van der Waals surface area contributed by atoms with Crippen molar-refractivity contribution in [1.82, 2.24) is 4.90 Å². The van der Waals surface area contributed by atoms with E-state index in [0.29, 0.717) is 15.7 Å². The van der Waals surface area contributed by atoms with Gasteiger partial charge in [0.1, 0.15) is 4.99 Å². The van der Waals surface area contributed by atoms with Gasteiger partial charge in [0.25, 0.3) is 0 Å². The van der Waals surface area contributed by atoms with Crippen molar-refractivity contribution < 1.29 is 4.39 Å². The molecule has 3 N–H and O–H groups in total. The molecule has 1 heterocycles. The summed E-state index contributed by atoms with van der Waals surface area (Å²) < 4.78 is 14.6. The van der Waals surface area contributed by atoms with Crippen LogP contribution in [0.1, 0.15) is 31.7 Å². The van der Waals surface area contributed by atoms with Gasteiger partial charge < -0.3 is 16.0 Å². The number of benzene rings is 1. The van der Waals surface area contributed by atoms with Crippen molar-refractivity contribution in [2.45, 2.75) is 32.2 Å². The molecule has 1 aromatic rings. The molecule has 0 saturated carbocycles. The third kappa shape index (κ3) is 4.37. The van der Waals surface area contributed by atoms with E-state index in [9.17, 15) is 4.39 Å². The first kappa shape index (κ1) is 16.6. The highest BCUT2D eigenvalue weighted by atomic mass is 79.9. The third-order valence-electron chi connectivity index (χ3n) is 3.73. The minimum atomic E-state index is -0.342. The summed E-state index contributed by atoms with van der Waals surface area (Å²) in [6.07, 6.45) is 3.84. The lowest BCUT2D eigenvalue weighted by atomic mass is 10.1. The van der Waals surface area contributed by atoms with Crippen LogP contribution in [0.3, 0.4) is 0 Å². The maximum Gasteiger partial charge on any atom is 0.161 e. The Labute approximate surface area is 139 Å². The van der Waals surface area contributed by atoms with Crippen LogP contribution in [0.2, 0.25) is 0 Å². The number of likely N-dealkylation sites (tertiary alicyclic amines) is 1. The lowest BCUT2D eigenvalue weighted by Gasteiger charge is -2.29. The predicted octanol–water partition coefficient (Wildman–Crippen LogP) is 3.51. The quantitative estimate of drug-likeness (QED) is 0.774. The fourth-order valence-electron chi connectivity index (χ4n) is 2.69. The number of piperidine rings is 1. The monoisotopic (exact) mass is 373 g/mol. The van der Waals surface area contributed by atoms with Crippen LogP contribution >= 0.6 is 28.1 Å². The Morgan fingerprint density at radius 1 is 1.43 bits per heavy atom. The van der Waals surface area contributed by atoms with Crippen LogP contribution in [0.15, 0.2) is 16.6 Å². The van der Waals surface area contributed by atoms with Crippen molar-refractivity contribution in [3.05, 3.63) is 28.0 Å². The molecule has 2 rings (SSSR count). The first-order valence-electron chi connectivity index (χ1n) is 7.25. The average molecular weight is 374 g/mol. The number of rotatable bonds is 5. The Morgan fingerprint density at radius 3 is 2.71 bits per heavy atom. The lowest BCUT2D eigenvalue weighted by molar-refractivity contribution is 0.223. The lowest BCUT2D eigenvalue weighted by Crippen LogP contribution is -2.38. The zero-order valence-electron chi connectivity index (χ0n) is 12.2. The standard InChI is InChI=1S/C15H21BrFN3S/c1-10(9-20-7-3-2-4-8-20)19-12-6-5-11(15(18)21)13(16)14(12)17/h5-6,10,19H,2-4,7-9H2,1H3,(H2,18,21). The first-order chi connectivity index (χ1) is 9.99. The maximum absolute atomic E-state index is 14.3. The molecule has 0 aliphatic carbocycles. The third-order valence-corrected chi connectivity index (χ3v) is 4.73. The number of halogens is 2. The van der Waals surface area contributed by atoms with Gasteiger partial charge in [-0.3, -0.25) is 0 Å². The van der Waals surface area contributed by atoms with Crippen molar-refractivity contribution in [3.63, 3.8) is 0 Å². The largest absolute Gasteiger partial charge is 0.389 e. The molecular formula is C15H21BrFN3S. The molecule has 0 aromatic heterocycles. The van der Waals surface area contributed by atoms with Crippen molar-refractivity contribution >= 4 is 38.8 Å². The van der Waals surface area contributed by atoms with Crippen LogP contribution in [0, 0.1) is 5.82 Å². The van der Waals surface area contributed by atoms with E-state index >= 15 is 0 Å². The molecule has 3 nitrogen and oxygen atoms in total. The van der Waals surface area contributed by atoms with Gasteiger partial charge in [0.2, 0.25) is 0 Å². The van der Waals surface area contributed by atoms with E-state index in [1.807, 2.05) is 0 Å². The first-order valence-corrected chi connectivity index (χ1v) is 8.46. The average Bonchev–Trinajstić information content (AvgIpc) is 2.44. The van der Waals surface area contributed by atoms with Gasteiger partial charge in [-0.15, -0.1) is 0 Å². The molecule has 1 saturated heterocycles. The second-order valence-electron chi connectivity index (χ2n) is 5.56. The van der Waals surface area contributed by atoms with Crippen molar-refractivity contribution in [2.24, 2.45) is 5.73 Å². The van der Waals surface area contributed by atoms with Crippen LogP contribution in [0.4, 0.5) is 10.1 Å². The van der Waals surface area contributed by atoms with Gasteiger partial charge in [-0.05, 0) is 60.9 Å². The second kappa shape index (κ2) is 7.51. The number of hydrogen-bond donors (Lipinski definition) is 2. The molecule has 1 aromatic carbocycles. The summed E-state index contributed by atoms with van der Waals surface area (Å²) in [6.45, 7) is 5.27. The zero-order chi connectivity index (χ0) is 15.4. The fourth-order valence-corrected chi connectivity index (χ4v) is 3.55. The molecule has 0 bridgehead atoms. The minimum Gasteiger partial charge on any atom is -0.389 e. The number of thiocarbonyl (C=S) groups is 1. The van der Waals surface area contributed by atoms with Crippen LogP contribution in [-0.2, 0) is 0 Å². The molecular weight excluding hydrogens is 353 g/mol. The van der Waals surface area contributed by atoms with Crippen LogP contribution in [0.25, 0.3) is 0 Å². The normalized spacial score (nSPS) is 17.5. The Kier molecular flexibility index (Phi) is 5.96. The molecule has 1 fully saturated rings. The summed E-state index contributed by atoms with van der Waals surface area (Å²) in [5.41, 5.74) is 6.57. The van der Waals surface area contributed by atoms with E-state index in [0.717, 1.165) is 19.6 Å². The van der Waals surface area contributed by atoms with E-state index < -0.39 is 0 Å². The Bertz CT molecular complexity index is 518. The second-order valence-corrected chi connectivity index (χ2v) is 6.79. The molecule has 0 radical (unpaired) electrons. The molecule has 1 atom stereocenters. The molecule has 1 unspecified atom stereocenters. The van der Waals surface area contributed by atoms with Gasteiger partial charge in [-0.1, -0.05) is 18.6 Å². The molecule has 6 heteroatoms. The summed E-state index contributed by atoms with van der Waals surface area (Å²) in [7, 11) is 0. The van der Waals surface area contributed by atoms with Gasteiger partial charge in [-0.25, -0.2) is 4.39 Å². The SMILES string of the molecule is CC(CN1CCCCC1)Nc1ccc(C(N)=S)c(Br)c1F. The maximum atomic E-state index is 14.3. The number of hydrogen-bond acceptors (Lipinski definition) is 3. The Balaban J connectivity index is 2.01. The van der Waals surface area contributed by atoms with E-state index in [-0.39, 0.29) is 16.8 Å².